The van der Waals surface area contributed by atoms with Crippen LogP contribution in [-0.4, -0.2) is 49.4 Å². The van der Waals surface area contributed by atoms with Gasteiger partial charge in [-0.3, -0.25) is 14.3 Å². The Morgan fingerprint density at radius 1 is 1.14 bits per heavy atom. The Bertz CT molecular complexity index is 951. The van der Waals surface area contributed by atoms with Gasteiger partial charge in [0.2, 0.25) is 5.91 Å². The van der Waals surface area contributed by atoms with Gasteiger partial charge in [0.1, 0.15) is 0 Å². The van der Waals surface area contributed by atoms with Crippen molar-refractivity contribution in [3.8, 4) is 17.1 Å². The third kappa shape index (κ3) is 4.25. The molecule has 0 saturated heterocycles. The lowest BCUT2D eigenvalue weighted by molar-refractivity contribution is -0.127. The van der Waals surface area contributed by atoms with E-state index in [2.05, 4.69) is 47.2 Å². The van der Waals surface area contributed by atoms with Gasteiger partial charge >= 0.3 is 0 Å². The maximum absolute atomic E-state index is 12.5. The van der Waals surface area contributed by atoms with Crippen LogP contribution in [0, 0.1) is 13.8 Å². The first kappa shape index (κ1) is 20.1. The summed E-state index contributed by atoms with van der Waals surface area (Å²) in [5.41, 5.74) is 4.17. The highest BCUT2D eigenvalue weighted by molar-refractivity contribution is 7.99. The predicted octanol–water partition coefficient (Wildman–Crippen LogP) is 3.91. The molecule has 28 heavy (non-hydrogen) atoms. The zero-order chi connectivity index (χ0) is 20.1. The van der Waals surface area contributed by atoms with Gasteiger partial charge < -0.3 is 4.90 Å². The molecule has 0 spiro atoms. The fourth-order valence-electron chi connectivity index (χ4n) is 3.02. The van der Waals surface area contributed by atoms with Crippen molar-refractivity contribution in [2.45, 2.75) is 32.9 Å². The number of rotatable bonds is 7. The van der Waals surface area contributed by atoms with Crippen LogP contribution < -0.4 is 0 Å². The van der Waals surface area contributed by atoms with Crippen LogP contribution in [0.15, 0.2) is 47.9 Å². The van der Waals surface area contributed by atoms with E-state index in [-0.39, 0.29) is 5.91 Å². The molecule has 0 fully saturated rings. The fraction of sp³-hybridized carbons (Fsp3) is 0.333. The van der Waals surface area contributed by atoms with Crippen molar-refractivity contribution in [2.24, 2.45) is 0 Å². The monoisotopic (exact) mass is 395 g/mol. The number of carbonyl (C=O) groups excluding carboxylic acids is 1. The zero-order valence-electron chi connectivity index (χ0n) is 16.7. The number of carbonyl (C=O) groups is 1. The van der Waals surface area contributed by atoms with Gasteiger partial charge in [0, 0.05) is 31.0 Å². The number of thioether (sulfide) groups is 1. The van der Waals surface area contributed by atoms with Gasteiger partial charge in [-0.1, -0.05) is 23.9 Å². The SMILES string of the molecule is CCN(CC)C(=O)CSc1nnc(-c2cccnc2)n1-c1cc(C)ccc1C. The van der Waals surface area contributed by atoms with Crippen molar-refractivity contribution in [1.29, 1.82) is 0 Å². The molecule has 6 nitrogen and oxygen atoms in total. The van der Waals surface area contributed by atoms with Crippen molar-refractivity contribution in [2.75, 3.05) is 18.8 Å². The molecule has 0 N–H and O–H groups in total. The smallest absolute Gasteiger partial charge is 0.233 e. The van der Waals surface area contributed by atoms with Gasteiger partial charge in [0.05, 0.1) is 11.4 Å². The molecule has 3 rings (SSSR count). The summed E-state index contributed by atoms with van der Waals surface area (Å²) in [5, 5.41) is 9.53. The first-order valence-electron chi connectivity index (χ1n) is 9.39. The molecule has 1 aromatic carbocycles. The molecule has 0 aliphatic heterocycles. The summed E-state index contributed by atoms with van der Waals surface area (Å²) in [5.74, 6) is 1.16. The number of nitrogens with zero attached hydrogens (tertiary/aromatic N) is 5. The molecule has 0 aliphatic carbocycles. The number of aryl methyl sites for hydroxylation is 2. The average molecular weight is 396 g/mol. The van der Waals surface area contributed by atoms with Gasteiger partial charge in [-0.05, 0) is 57.0 Å². The Kier molecular flexibility index (Phi) is 6.46. The standard InChI is InChI=1S/C21H25N5OS/c1-5-25(6-2)19(27)14-28-21-24-23-20(17-8-7-11-22-13-17)26(21)18-12-15(3)9-10-16(18)4/h7-13H,5-6,14H2,1-4H3. The number of pyridine rings is 1. The summed E-state index contributed by atoms with van der Waals surface area (Å²) in [6.07, 6.45) is 3.52. The lowest BCUT2D eigenvalue weighted by Crippen LogP contribution is -2.31. The van der Waals surface area contributed by atoms with Crippen molar-refractivity contribution in [1.82, 2.24) is 24.6 Å². The lowest BCUT2D eigenvalue weighted by atomic mass is 10.1. The third-order valence-electron chi connectivity index (χ3n) is 4.60. The molecule has 0 unspecified atom stereocenters. The second-order valence-corrected chi connectivity index (χ2v) is 7.47. The van der Waals surface area contributed by atoms with E-state index in [0.717, 1.165) is 28.2 Å². The summed E-state index contributed by atoms with van der Waals surface area (Å²) in [7, 11) is 0. The van der Waals surface area contributed by atoms with Gasteiger partial charge in [0.15, 0.2) is 11.0 Å². The number of benzene rings is 1. The molecule has 146 valence electrons. The molecule has 7 heteroatoms. The number of amides is 1. The summed E-state index contributed by atoms with van der Waals surface area (Å²) in [4.78, 5) is 18.5. The van der Waals surface area contributed by atoms with E-state index in [0.29, 0.717) is 24.0 Å². The predicted molar refractivity (Wildman–Crippen MR) is 113 cm³/mol. The quantitative estimate of drug-likeness (QED) is 0.568. The molecule has 2 aromatic heterocycles. The molecule has 1 amide bonds. The molecule has 0 saturated carbocycles. The minimum Gasteiger partial charge on any atom is -0.343 e. The molecule has 0 bridgehead atoms. The highest BCUT2D eigenvalue weighted by Crippen LogP contribution is 2.29. The summed E-state index contributed by atoms with van der Waals surface area (Å²) in [6, 6.07) is 10.1. The minimum absolute atomic E-state index is 0.105. The van der Waals surface area contributed by atoms with E-state index in [1.54, 1.807) is 12.4 Å². The van der Waals surface area contributed by atoms with E-state index < -0.39 is 0 Å². The molecule has 0 atom stereocenters. The largest absolute Gasteiger partial charge is 0.343 e. The Labute approximate surface area is 170 Å². The summed E-state index contributed by atoms with van der Waals surface area (Å²) >= 11 is 1.42. The number of hydrogen-bond donors (Lipinski definition) is 0. The maximum Gasteiger partial charge on any atom is 0.233 e. The lowest BCUT2D eigenvalue weighted by Gasteiger charge is -2.18. The van der Waals surface area contributed by atoms with Crippen LogP contribution >= 0.6 is 11.8 Å². The fourth-order valence-corrected chi connectivity index (χ4v) is 3.86. The van der Waals surface area contributed by atoms with Gasteiger partial charge in [-0.25, -0.2) is 0 Å². The van der Waals surface area contributed by atoms with Crippen molar-refractivity contribution in [3.63, 3.8) is 0 Å². The second kappa shape index (κ2) is 9.01. The molecule has 0 aliphatic rings. The average Bonchev–Trinajstić information content (AvgIpc) is 3.13. The van der Waals surface area contributed by atoms with Gasteiger partial charge in [-0.15, -0.1) is 10.2 Å². The maximum atomic E-state index is 12.5. The number of hydrogen-bond acceptors (Lipinski definition) is 5. The van der Waals surface area contributed by atoms with Crippen LogP contribution in [0.2, 0.25) is 0 Å². The molecular weight excluding hydrogens is 370 g/mol. The minimum atomic E-state index is 0.105. The van der Waals surface area contributed by atoms with Gasteiger partial charge in [-0.2, -0.15) is 0 Å². The zero-order valence-corrected chi connectivity index (χ0v) is 17.5. The van der Waals surface area contributed by atoms with Gasteiger partial charge in [0.25, 0.3) is 0 Å². The Hall–Kier alpha value is -2.67. The van der Waals surface area contributed by atoms with E-state index >= 15 is 0 Å². The topological polar surface area (TPSA) is 63.9 Å². The highest BCUT2D eigenvalue weighted by Gasteiger charge is 2.19. The summed E-state index contributed by atoms with van der Waals surface area (Å²) < 4.78 is 2.03. The van der Waals surface area contributed by atoms with Crippen LogP contribution in [-0.2, 0) is 4.79 Å². The van der Waals surface area contributed by atoms with E-state index in [1.807, 2.05) is 35.4 Å². The van der Waals surface area contributed by atoms with Crippen molar-refractivity contribution >= 4 is 17.7 Å². The Balaban J connectivity index is 2.03. The molecular formula is C21H25N5OS. The Morgan fingerprint density at radius 2 is 1.93 bits per heavy atom. The number of aromatic nitrogens is 4. The van der Waals surface area contributed by atoms with Crippen LogP contribution in [0.1, 0.15) is 25.0 Å². The van der Waals surface area contributed by atoms with Crippen LogP contribution in [0.25, 0.3) is 17.1 Å². The second-order valence-electron chi connectivity index (χ2n) is 6.53. The Morgan fingerprint density at radius 3 is 2.61 bits per heavy atom. The van der Waals surface area contributed by atoms with E-state index in [4.69, 9.17) is 0 Å². The van der Waals surface area contributed by atoms with Crippen molar-refractivity contribution < 1.29 is 4.79 Å². The highest BCUT2D eigenvalue weighted by atomic mass is 32.2. The first-order valence-corrected chi connectivity index (χ1v) is 10.4. The van der Waals surface area contributed by atoms with Crippen LogP contribution in [0.3, 0.4) is 0 Å². The molecule has 2 heterocycles. The van der Waals surface area contributed by atoms with Crippen LogP contribution in [0.4, 0.5) is 0 Å². The van der Waals surface area contributed by atoms with Crippen LogP contribution in [0.5, 0.6) is 0 Å². The van der Waals surface area contributed by atoms with E-state index in [9.17, 15) is 4.79 Å². The molecule has 3 aromatic rings. The molecule has 0 radical (unpaired) electrons. The van der Waals surface area contributed by atoms with Crippen molar-refractivity contribution in [3.05, 3.63) is 53.9 Å². The van der Waals surface area contributed by atoms with E-state index in [1.165, 1.54) is 11.8 Å². The third-order valence-corrected chi connectivity index (χ3v) is 5.51. The normalized spacial score (nSPS) is 10.9. The first-order chi connectivity index (χ1) is 13.5. The summed E-state index contributed by atoms with van der Waals surface area (Å²) in [6.45, 7) is 9.53.